The van der Waals surface area contributed by atoms with E-state index >= 15 is 0 Å². The van der Waals surface area contributed by atoms with Crippen LogP contribution in [0.15, 0.2) is 30.3 Å². The molecule has 0 amide bonds. The van der Waals surface area contributed by atoms with Gasteiger partial charge in [-0.3, -0.25) is 0 Å². The van der Waals surface area contributed by atoms with Crippen LogP contribution < -0.4 is 0 Å². The van der Waals surface area contributed by atoms with Gasteiger partial charge in [-0.1, -0.05) is 24.3 Å². The fraction of sp³-hybridized carbons (Fsp3) is 0.154. The van der Waals surface area contributed by atoms with Gasteiger partial charge in [0.25, 0.3) is 0 Å². The van der Waals surface area contributed by atoms with Crippen molar-refractivity contribution in [1.82, 2.24) is 0 Å². The van der Waals surface area contributed by atoms with E-state index in [9.17, 15) is 9.90 Å². The number of fused-ring (bicyclic) bond motifs is 1. The summed E-state index contributed by atoms with van der Waals surface area (Å²) < 4.78 is 4.67. The number of esters is 1. The number of rotatable bonds is 1. The average Bonchev–Trinajstić information content (AvgIpc) is 2.33. The van der Waals surface area contributed by atoms with Crippen LogP contribution in [0.2, 0.25) is 0 Å². The predicted octanol–water partition coefficient (Wildman–Crippen LogP) is 2.64. The minimum Gasteiger partial charge on any atom is -0.507 e. The molecule has 0 saturated carbocycles. The van der Waals surface area contributed by atoms with Crippen molar-refractivity contribution >= 4 is 16.7 Å². The molecule has 0 aliphatic heterocycles. The van der Waals surface area contributed by atoms with E-state index in [0.717, 1.165) is 10.8 Å². The smallest absolute Gasteiger partial charge is 0.338 e. The molecule has 0 saturated heterocycles. The Hall–Kier alpha value is -2.03. The molecular formula is C13H12O3. The molecule has 0 spiro atoms. The van der Waals surface area contributed by atoms with Crippen LogP contribution in [0, 0.1) is 6.92 Å². The number of carbonyl (C=O) groups excluding carboxylic acids is 1. The van der Waals surface area contributed by atoms with Gasteiger partial charge >= 0.3 is 5.97 Å². The molecule has 2 rings (SSSR count). The maximum atomic E-state index is 11.5. The third-order valence-corrected chi connectivity index (χ3v) is 2.68. The number of benzene rings is 2. The lowest BCUT2D eigenvalue weighted by Gasteiger charge is -2.09. The number of ether oxygens (including phenoxy) is 1. The first-order chi connectivity index (χ1) is 7.65. The third kappa shape index (κ3) is 1.50. The number of hydrogen-bond acceptors (Lipinski definition) is 3. The highest BCUT2D eigenvalue weighted by Crippen LogP contribution is 2.31. The summed E-state index contributed by atoms with van der Waals surface area (Å²) in [4.78, 5) is 11.5. The van der Waals surface area contributed by atoms with E-state index in [1.807, 2.05) is 24.3 Å². The molecule has 0 unspecified atom stereocenters. The second-order valence-electron chi connectivity index (χ2n) is 3.61. The van der Waals surface area contributed by atoms with Crippen LogP contribution in [0.4, 0.5) is 0 Å². The molecule has 2 aromatic rings. The van der Waals surface area contributed by atoms with Crippen LogP contribution in [0.5, 0.6) is 5.75 Å². The maximum Gasteiger partial charge on any atom is 0.338 e. The molecule has 3 heteroatoms. The van der Waals surface area contributed by atoms with Crippen molar-refractivity contribution in [3.05, 3.63) is 41.5 Å². The van der Waals surface area contributed by atoms with Crippen molar-refractivity contribution in [3.8, 4) is 5.75 Å². The van der Waals surface area contributed by atoms with Gasteiger partial charge in [0.15, 0.2) is 0 Å². The Morgan fingerprint density at radius 1 is 1.31 bits per heavy atom. The normalized spacial score (nSPS) is 10.4. The van der Waals surface area contributed by atoms with E-state index in [1.165, 1.54) is 7.11 Å². The standard InChI is InChI=1S/C13H12O3/c1-8-11(13(15)16-2)7-9-5-3-4-6-10(9)12(8)14/h3-7,14H,1-2H3. The van der Waals surface area contributed by atoms with E-state index < -0.39 is 5.97 Å². The van der Waals surface area contributed by atoms with Gasteiger partial charge < -0.3 is 9.84 Å². The van der Waals surface area contributed by atoms with Crippen LogP contribution in [0.1, 0.15) is 15.9 Å². The molecule has 0 aromatic heterocycles. The first-order valence-corrected chi connectivity index (χ1v) is 4.94. The van der Waals surface area contributed by atoms with Crippen LogP contribution in [0.3, 0.4) is 0 Å². The van der Waals surface area contributed by atoms with Crippen molar-refractivity contribution < 1.29 is 14.6 Å². The Balaban J connectivity index is 2.78. The van der Waals surface area contributed by atoms with E-state index in [-0.39, 0.29) is 5.75 Å². The Bertz CT molecular complexity index is 558. The van der Waals surface area contributed by atoms with Crippen LogP contribution in [-0.4, -0.2) is 18.2 Å². The van der Waals surface area contributed by atoms with Crippen LogP contribution in [0.25, 0.3) is 10.8 Å². The Morgan fingerprint density at radius 2 is 2.00 bits per heavy atom. The highest BCUT2D eigenvalue weighted by molar-refractivity contribution is 6.00. The summed E-state index contributed by atoms with van der Waals surface area (Å²) in [7, 11) is 1.33. The van der Waals surface area contributed by atoms with E-state index in [2.05, 4.69) is 4.74 Å². The molecule has 0 radical (unpaired) electrons. The van der Waals surface area contributed by atoms with Crippen molar-refractivity contribution in [1.29, 1.82) is 0 Å². The molecule has 0 aliphatic rings. The van der Waals surface area contributed by atoms with E-state index in [0.29, 0.717) is 11.1 Å². The SMILES string of the molecule is COC(=O)c1cc2ccccc2c(O)c1C. The molecular weight excluding hydrogens is 204 g/mol. The van der Waals surface area contributed by atoms with Gasteiger partial charge in [-0.2, -0.15) is 0 Å². The summed E-state index contributed by atoms with van der Waals surface area (Å²) in [5, 5.41) is 11.5. The summed E-state index contributed by atoms with van der Waals surface area (Å²) in [5.41, 5.74) is 0.948. The first-order valence-electron chi connectivity index (χ1n) is 4.94. The molecule has 3 nitrogen and oxygen atoms in total. The van der Waals surface area contributed by atoms with Crippen molar-refractivity contribution in [2.45, 2.75) is 6.92 Å². The Kier molecular flexibility index (Phi) is 2.52. The highest BCUT2D eigenvalue weighted by atomic mass is 16.5. The lowest BCUT2D eigenvalue weighted by Crippen LogP contribution is -2.04. The number of aromatic hydroxyl groups is 1. The number of phenols is 1. The molecule has 0 aliphatic carbocycles. The number of phenolic OH excluding ortho intramolecular Hbond substituents is 1. The molecule has 16 heavy (non-hydrogen) atoms. The molecule has 0 bridgehead atoms. The van der Waals surface area contributed by atoms with Gasteiger partial charge in [-0.15, -0.1) is 0 Å². The minimum atomic E-state index is -0.432. The largest absolute Gasteiger partial charge is 0.507 e. The second-order valence-corrected chi connectivity index (χ2v) is 3.61. The van der Waals surface area contributed by atoms with E-state index in [4.69, 9.17) is 0 Å². The zero-order valence-corrected chi connectivity index (χ0v) is 9.15. The fourth-order valence-corrected chi connectivity index (χ4v) is 1.75. The van der Waals surface area contributed by atoms with Crippen LogP contribution >= 0.6 is 0 Å². The Morgan fingerprint density at radius 3 is 2.69 bits per heavy atom. The molecule has 1 N–H and O–H groups in total. The summed E-state index contributed by atoms with van der Waals surface area (Å²) in [6.45, 7) is 1.70. The van der Waals surface area contributed by atoms with Crippen molar-refractivity contribution in [2.24, 2.45) is 0 Å². The minimum absolute atomic E-state index is 0.138. The summed E-state index contributed by atoms with van der Waals surface area (Å²) in [5.74, 6) is -0.294. The number of methoxy groups -OCH3 is 1. The van der Waals surface area contributed by atoms with Gasteiger partial charge in [0.05, 0.1) is 12.7 Å². The third-order valence-electron chi connectivity index (χ3n) is 2.68. The monoisotopic (exact) mass is 216 g/mol. The maximum absolute atomic E-state index is 11.5. The topological polar surface area (TPSA) is 46.5 Å². The fourth-order valence-electron chi connectivity index (χ4n) is 1.75. The second kappa shape index (κ2) is 3.85. The van der Waals surface area contributed by atoms with Crippen molar-refractivity contribution in [3.63, 3.8) is 0 Å². The quantitative estimate of drug-likeness (QED) is 0.745. The lowest BCUT2D eigenvalue weighted by molar-refractivity contribution is 0.0599. The average molecular weight is 216 g/mol. The molecule has 0 atom stereocenters. The first kappa shape index (κ1) is 10.5. The van der Waals surface area contributed by atoms with Gasteiger partial charge in [0, 0.05) is 10.9 Å². The van der Waals surface area contributed by atoms with Gasteiger partial charge in [0.2, 0.25) is 0 Å². The van der Waals surface area contributed by atoms with Crippen LogP contribution in [-0.2, 0) is 4.74 Å². The Labute approximate surface area is 93.3 Å². The van der Waals surface area contributed by atoms with Gasteiger partial charge in [0.1, 0.15) is 5.75 Å². The summed E-state index contributed by atoms with van der Waals surface area (Å²) in [6, 6.07) is 9.10. The van der Waals surface area contributed by atoms with Gasteiger partial charge in [-0.25, -0.2) is 4.79 Å². The summed E-state index contributed by atoms with van der Waals surface area (Å²) >= 11 is 0. The number of hydrogen-bond donors (Lipinski definition) is 1. The zero-order valence-electron chi connectivity index (χ0n) is 9.15. The van der Waals surface area contributed by atoms with Gasteiger partial charge in [-0.05, 0) is 18.4 Å². The highest BCUT2D eigenvalue weighted by Gasteiger charge is 2.14. The molecule has 0 fully saturated rings. The van der Waals surface area contributed by atoms with E-state index in [1.54, 1.807) is 13.0 Å². The number of carbonyl (C=O) groups is 1. The predicted molar refractivity (Wildman–Crippen MR) is 61.7 cm³/mol. The summed E-state index contributed by atoms with van der Waals surface area (Å²) in [6.07, 6.45) is 0. The zero-order chi connectivity index (χ0) is 11.7. The molecule has 82 valence electrons. The molecule has 2 aromatic carbocycles. The lowest BCUT2D eigenvalue weighted by atomic mass is 10.0. The molecule has 0 heterocycles. The van der Waals surface area contributed by atoms with Crippen molar-refractivity contribution in [2.75, 3.05) is 7.11 Å².